The number of fused-ring (bicyclic) bond motifs is 1. The van der Waals surface area contributed by atoms with Crippen molar-refractivity contribution in [1.82, 2.24) is 19.7 Å². The Morgan fingerprint density at radius 1 is 1.15 bits per heavy atom. The molecular weight excluding hydrogens is 342 g/mol. The molecule has 3 N–H and O–H groups in total. The third kappa shape index (κ3) is 3.40. The van der Waals surface area contributed by atoms with Crippen LogP contribution >= 0.6 is 0 Å². The van der Waals surface area contributed by atoms with Gasteiger partial charge in [0.2, 0.25) is 0 Å². The van der Waals surface area contributed by atoms with Crippen LogP contribution in [0.3, 0.4) is 0 Å². The van der Waals surface area contributed by atoms with Gasteiger partial charge in [-0.3, -0.25) is 5.43 Å². The first kappa shape index (κ1) is 16.5. The van der Waals surface area contributed by atoms with Crippen LogP contribution in [-0.4, -0.2) is 33.1 Å². The fourth-order valence-corrected chi connectivity index (χ4v) is 2.67. The summed E-state index contributed by atoms with van der Waals surface area (Å²) in [6.07, 6.45) is 4.85. The summed E-state index contributed by atoms with van der Waals surface area (Å²) in [6.45, 7) is 0. The summed E-state index contributed by atoms with van der Waals surface area (Å²) < 4.78 is 7.01. The van der Waals surface area contributed by atoms with Crippen LogP contribution in [0.4, 0.5) is 11.5 Å². The van der Waals surface area contributed by atoms with Crippen molar-refractivity contribution >= 4 is 28.8 Å². The fourth-order valence-electron chi connectivity index (χ4n) is 2.67. The Morgan fingerprint density at radius 3 is 2.89 bits per heavy atom. The Kier molecular flexibility index (Phi) is 4.36. The van der Waals surface area contributed by atoms with E-state index in [0.717, 1.165) is 22.4 Å². The number of anilines is 2. The number of hydrogen-bond acceptors (Lipinski definition) is 7. The van der Waals surface area contributed by atoms with Gasteiger partial charge < -0.3 is 10.5 Å². The summed E-state index contributed by atoms with van der Waals surface area (Å²) in [4.78, 5) is 8.61. The highest BCUT2D eigenvalue weighted by Crippen LogP contribution is 2.23. The smallest absolute Gasteiger partial charge is 0.168 e. The second-order valence-electron chi connectivity index (χ2n) is 5.76. The van der Waals surface area contributed by atoms with E-state index < -0.39 is 0 Å². The van der Waals surface area contributed by atoms with Gasteiger partial charge in [-0.05, 0) is 29.8 Å². The maximum Gasteiger partial charge on any atom is 0.168 e. The molecule has 0 atom stereocenters. The number of rotatable bonds is 5. The number of aromatic nitrogens is 4. The average Bonchev–Trinajstić information content (AvgIpc) is 3.13. The molecular formula is C19H17N7O. The predicted molar refractivity (Wildman–Crippen MR) is 105 cm³/mol. The van der Waals surface area contributed by atoms with Gasteiger partial charge in [-0.25, -0.2) is 14.6 Å². The van der Waals surface area contributed by atoms with Gasteiger partial charge in [-0.15, -0.1) is 0 Å². The van der Waals surface area contributed by atoms with E-state index in [4.69, 9.17) is 10.5 Å². The molecule has 0 amide bonds. The van der Waals surface area contributed by atoms with Crippen LogP contribution in [-0.2, 0) is 0 Å². The number of hydrogen-bond donors (Lipinski definition) is 2. The van der Waals surface area contributed by atoms with Gasteiger partial charge >= 0.3 is 0 Å². The SMILES string of the molecule is COc1cccc(-n2ncc3c(N/N=C/c4cccc(N)c4)ncnc32)c1. The van der Waals surface area contributed by atoms with Crippen molar-refractivity contribution in [1.29, 1.82) is 0 Å². The van der Waals surface area contributed by atoms with E-state index in [9.17, 15) is 0 Å². The molecule has 0 aliphatic carbocycles. The number of nitrogen functional groups attached to an aromatic ring is 1. The molecule has 2 aromatic carbocycles. The van der Waals surface area contributed by atoms with Gasteiger partial charge in [-0.1, -0.05) is 18.2 Å². The van der Waals surface area contributed by atoms with Crippen LogP contribution in [0, 0.1) is 0 Å². The van der Waals surface area contributed by atoms with Crippen molar-refractivity contribution in [2.24, 2.45) is 5.10 Å². The summed E-state index contributed by atoms with van der Waals surface area (Å²) >= 11 is 0. The maximum absolute atomic E-state index is 5.77. The lowest BCUT2D eigenvalue weighted by Gasteiger charge is -2.06. The van der Waals surface area contributed by atoms with Crippen molar-refractivity contribution in [3.8, 4) is 11.4 Å². The Hall–Kier alpha value is -3.94. The predicted octanol–water partition coefficient (Wildman–Crippen LogP) is 2.85. The zero-order valence-electron chi connectivity index (χ0n) is 14.6. The first-order valence-electron chi connectivity index (χ1n) is 8.22. The first-order chi connectivity index (χ1) is 13.2. The van der Waals surface area contributed by atoms with Crippen molar-refractivity contribution in [3.05, 3.63) is 66.6 Å². The number of hydrazone groups is 1. The quantitative estimate of drug-likeness (QED) is 0.323. The second-order valence-corrected chi connectivity index (χ2v) is 5.76. The fraction of sp³-hybridized carbons (Fsp3) is 0.0526. The molecule has 4 aromatic rings. The topological polar surface area (TPSA) is 103 Å². The van der Waals surface area contributed by atoms with Crippen LogP contribution in [0.25, 0.3) is 16.7 Å². The molecule has 8 heteroatoms. The zero-order chi connectivity index (χ0) is 18.6. The lowest BCUT2D eigenvalue weighted by molar-refractivity contribution is 0.414. The minimum Gasteiger partial charge on any atom is -0.497 e. The summed E-state index contributed by atoms with van der Waals surface area (Å²) in [5, 5.41) is 9.42. The Labute approximate surface area is 155 Å². The molecule has 0 unspecified atom stereocenters. The minimum absolute atomic E-state index is 0.564. The van der Waals surface area contributed by atoms with Crippen LogP contribution in [0.15, 0.2) is 66.2 Å². The third-order valence-electron chi connectivity index (χ3n) is 3.96. The largest absolute Gasteiger partial charge is 0.497 e. The summed E-state index contributed by atoms with van der Waals surface area (Å²) in [7, 11) is 1.63. The number of methoxy groups -OCH3 is 1. The first-order valence-corrected chi connectivity index (χ1v) is 8.22. The molecule has 4 rings (SSSR count). The normalized spacial score (nSPS) is 11.1. The van der Waals surface area contributed by atoms with Crippen molar-refractivity contribution in [2.75, 3.05) is 18.3 Å². The summed E-state index contributed by atoms with van der Waals surface area (Å²) in [5.74, 6) is 1.31. The molecule has 27 heavy (non-hydrogen) atoms. The molecule has 0 radical (unpaired) electrons. The molecule has 134 valence electrons. The van der Waals surface area contributed by atoms with Gasteiger partial charge in [-0.2, -0.15) is 10.2 Å². The van der Waals surface area contributed by atoms with E-state index in [1.165, 1.54) is 6.33 Å². The molecule has 8 nitrogen and oxygen atoms in total. The molecule has 0 saturated heterocycles. The van der Waals surface area contributed by atoms with Crippen molar-refractivity contribution in [2.45, 2.75) is 0 Å². The maximum atomic E-state index is 5.77. The minimum atomic E-state index is 0.564. The Bertz CT molecular complexity index is 1120. The molecule has 0 bridgehead atoms. The van der Waals surface area contributed by atoms with Gasteiger partial charge in [0.15, 0.2) is 11.5 Å². The van der Waals surface area contributed by atoms with E-state index in [1.54, 1.807) is 24.2 Å². The highest BCUT2D eigenvalue weighted by Gasteiger charge is 2.11. The molecule has 0 saturated carbocycles. The lowest BCUT2D eigenvalue weighted by atomic mass is 10.2. The number of nitrogens with zero attached hydrogens (tertiary/aromatic N) is 5. The molecule has 0 spiro atoms. The molecule has 0 fully saturated rings. The highest BCUT2D eigenvalue weighted by atomic mass is 16.5. The van der Waals surface area contributed by atoms with E-state index in [2.05, 4.69) is 25.6 Å². The van der Waals surface area contributed by atoms with E-state index in [0.29, 0.717) is 17.2 Å². The Morgan fingerprint density at radius 2 is 2.04 bits per heavy atom. The van der Waals surface area contributed by atoms with Crippen LogP contribution < -0.4 is 15.9 Å². The van der Waals surface area contributed by atoms with Crippen LogP contribution in [0.2, 0.25) is 0 Å². The summed E-state index contributed by atoms with van der Waals surface area (Å²) in [5.41, 5.74) is 11.8. The zero-order valence-corrected chi connectivity index (χ0v) is 14.6. The monoisotopic (exact) mass is 359 g/mol. The second kappa shape index (κ2) is 7.12. The van der Waals surface area contributed by atoms with Gasteiger partial charge in [0.25, 0.3) is 0 Å². The number of nitrogens with one attached hydrogen (secondary N) is 1. The molecule has 2 heterocycles. The van der Waals surface area contributed by atoms with Gasteiger partial charge in [0.1, 0.15) is 12.1 Å². The summed E-state index contributed by atoms with van der Waals surface area (Å²) in [6, 6.07) is 15.0. The van der Waals surface area contributed by atoms with E-state index in [-0.39, 0.29) is 0 Å². The van der Waals surface area contributed by atoms with E-state index in [1.807, 2.05) is 48.5 Å². The highest BCUT2D eigenvalue weighted by molar-refractivity contribution is 5.88. The van der Waals surface area contributed by atoms with Gasteiger partial charge in [0.05, 0.1) is 30.6 Å². The molecule has 2 aromatic heterocycles. The Balaban J connectivity index is 1.64. The average molecular weight is 359 g/mol. The third-order valence-corrected chi connectivity index (χ3v) is 3.96. The number of nitrogens with two attached hydrogens (primary N) is 1. The molecule has 0 aliphatic rings. The van der Waals surface area contributed by atoms with Crippen molar-refractivity contribution in [3.63, 3.8) is 0 Å². The van der Waals surface area contributed by atoms with Crippen LogP contribution in [0.1, 0.15) is 5.56 Å². The standard InChI is InChI=1S/C19H17N7O/c1-27-16-7-3-6-15(9-16)26-19-17(11-24-26)18(21-12-22-19)25-23-10-13-4-2-5-14(20)8-13/h2-12H,20H2,1H3,(H,21,22,25)/b23-10+. The van der Waals surface area contributed by atoms with E-state index >= 15 is 0 Å². The molecule has 0 aliphatic heterocycles. The van der Waals surface area contributed by atoms with Crippen LogP contribution in [0.5, 0.6) is 5.75 Å². The van der Waals surface area contributed by atoms with Gasteiger partial charge in [0, 0.05) is 11.8 Å². The number of benzene rings is 2. The lowest BCUT2D eigenvalue weighted by Crippen LogP contribution is -2.00. The number of ether oxygens (including phenoxy) is 1. The van der Waals surface area contributed by atoms with Crippen molar-refractivity contribution < 1.29 is 4.74 Å².